The monoisotopic (exact) mass is 256 g/mol. The van der Waals surface area contributed by atoms with Gasteiger partial charge in [0.05, 0.1) is 13.7 Å². The second-order valence-corrected chi connectivity index (χ2v) is 3.97. The molecule has 0 saturated carbocycles. The van der Waals surface area contributed by atoms with E-state index < -0.39 is 0 Å². The first-order chi connectivity index (χ1) is 9.31. The van der Waals surface area contributed by atoms with Gasteiger partial charge in [0.1, 0.15) is 0 Å². The second-order valence-electron chi connectivity index (χ2n) is 3.97. The van der Waals surface area contributed by atoms with E-state index in [1.165, 1.54) is 0 Å². The highest BCUT2D eigenvalue weighted by Crippen LogP contribution is 2.27. The molecule has 0 amide bonds. The zero-order valence-corrected chi connectivity index (χ0v) is 10.3. The topological polar surface area (TPSA) is 87.1 Å². The number of benzene rings is 1. The first-order valence-corrected chi connectivity index (χ1v) is 5.77. The summed E-state index contributed by atoms with van der Waals surface area (Å²) in [5, 5.41) is 5.84. The molecule has 6 nitrogen and oxygen atoms in total. The fraction of sp³-hybridized carbons (Fsp3) is 0.154. The minimum Gasteiger partial charge on any atom is -0.481 e. The molecule has 0 bridgehead atoms. The van der Waals surface area contributed by atoms with Crippen LogP contribution in [-0.4, -0.2) is 22.2 Å². The second kappa shape index (κ2) is 4.66. The standard InChI is InChI=1S/C13H12N4O2/c1-18-13-10-6-9(3-2-8(10)4-5-15-13)12-16-11(7-14)19-17-12/h2-6H,7,14H2,1H3. The van der Waals surface area contributed by atoms with Crippen LogP contribution in [-0.2, 0) is 6.54 Å². The minimum absolute atomic E-state index is 0.228. The number of methoxy groups -OCH3 is 1. The normalized spacial score (nSPS) is 10.8. The van der Waals surface area contributed by atoms with Crippen molar-refractivity contribution in [3.8, 4) is 17.3 Å². The van der Waals surface area contributed by atoms with Crippen LogP contribution in [0.5, 0.6) is 5.88 Å². The Morgan fingerprint density at radius 2 is 2.21 bits per heavy atom. The number of rotatable bonds is 3. The van der Waals surface area contributed by atoms with E-state index in [4.69, 9.17) is 15.0 Å². The van der Waals surface area contributed by atoms with E-state index in [1.54, 1.807) is 13.3 Å². The lowest BCUT2D eigenvalue weighted by Gasteiger charge is -2.04. The van der Waals surface area contributed by atoms with Crippen molar-refractivity contribution in [2.75, 3.05) is 7.11 Å². The summed E-state index contributed by atoms with van der Waals surface area (Å²) in [7, 11) is 1.59. The van der Waals surface area contributed by atoms with Crippen LogP contribution in [0.2, 0.25) is 0 Å². The molecular formula is C13H12N4O2. The highest BCUT2D eigenvalue weighted by Gasteiger charge is 2.10. The zero-order valence-electron chi connectivity index (χ0n) is 10.3. The third-order valence-corrected chi connectivity index (χ3v) is 2.82. The van der Waals surface area contributed by atoms with Gasteiger partial charge in [-0.2, -0.15) is 4.98 Å². The van der Waals surface area contributed by atoms with E-state index in [0.717, 1.165) is 16.3 Å². The Morgan fingerprint density at radius 1 is 1.32 bits per heavy atom. The maximum absolute atomic E-state index is 5.45. The summed E-state index contributed by atoms with van der Waals surface area (Å²) in [5.74, 6) is 1.49. The minimum atomic E-state index is 0.228. The number of fused-ring (bicyclic) bond motifs is 1. The summed E-state index contributed by atoms with van der Waals surface area (Å²) >= 11 is 0. The van der Waals surface area contributed by atoms with Gasteiger partial charge in [-0.25, -0.2) is 4.98 Å². The van der Waals surface area contributed by atoms with E-state index in [2.05, 4.69) is 15.1 Å². The number of pyridine rings is 1. The summed E-state index contributed by atoms with van der Waals surface area (Å²) in [6.07, 6.45) is 1.71. The van der Waals surface area contributed by atoms with Gasteiger partial charge < -0.3 is 15.0 Å². The summed E-state index contributed by atoms with van der Waals surface area (Å²) in [6.45, 7) is 0.228. The van der Waals surface area contributed by atoms with E-state index in [-0.39, 0.29) is 6.54 Å². The highest BCUT2D eigenvalue weighted by molar-refractivity contribution is 5.90. The lowest BCUT2D eigenvalue weighted by Crippen LogP contribution is -1.95. The number of hydrogen-bond donors (Lipinski definition) is 1. The molecule has 6 heteroatoms. The lowest BCUT2D eigenvalue weighted by molar-refractivity contribution is 0.380. The molecule has 0 spiro atoms. The first-order valence-electron chi connectivity index (χ1n) is 5.77. The Kier molecular flexibility index (Phi) is 2.85. The van der Waals surface area contributed by atoms with E-state index in [9.17, 15) is 0 Å². The van der Waals surface area contributed by atoms with Crippen LogP contribution >= 0.6 is 0 Å². The number of nitrogens with two attached hydrogens (primary N) is 1. The molecule has 2 N–H and O–H groups in total. The van der Waals surface area contributed by atoms with Crippen molar-refractivity contribution in [2.24, 2.45) is 5.73 Å². The van der Waals surface area contributed by atoms with Crippen LogP contribution in [0.3, 0.4) is 0 Å². The Balaban J connectivity index is 2.14. The predicted molar refractivity (Wildman–Crippen MR) is 69.5 cm³/mol. The van der Waals surface area contributed by atoms with E-state index >= 15 is 0 Å². The Morgan fingerprint density at radius 3 is 2.95 bits per heavy atom. The van der Waals surface area contributed by atoms with Crippen molar-refractivity contribution in [2.45, 2.75) is 6.54 Å². The van der Waals surface area contributed by atoms with Crippen molar-refractivity contribution < 1.29 is 9.26 Å². The Bertz CT molecular complexity index is 723. The third-order valence-electron chi connectivity index (χ3n) is 2.82. The van der Waals surface area contributed by atoms with E-state index in [0.29, 0.717) is 17.6 Å². The summed E-state index contributed by atoms with van der Waals surface area (Å²) in [5.41, 5.74) is 6.29. The average Bonchev–Trinajstić information content (AvgIpc) is 2.95. The number of nitrogens with zero attached hydrogens (tertiary/aromatic N) is 3. The fourth-order valence-electron chi connectivity index (χ4n) is 1.90. The van der Waals surface area contributed by atoms with E-state index in [1.807, 2.05) is 24.3 Å². The quantitative estimate of drug-likeness (QED) is 0.768. The predicted octanol–water partition coefficient (Wildman–Crippen LogP) is 1.75. The maximum Gasteiger partial charge on any atom is 0.240 e. The molecule has 96 valence electrons. The Hall–Kier alpha value is -2.47. The molecule has 0 aliphatic carbocycles. The molecule has 19 heavy (non-hydrogen) atoms. The van der Waals surface area contributed by atoms with Gasteiger partial charge >= 0.3 is 0 Å². The molecular weight excluding hydrogens is 244 g/mol. The molecule has 0 aliphatic rings. The maximum atomic E-state index is 5.45. The van der Waals surface area contributed by atoms with Crippen LogP contribution in [0.25, 0.3) is 22.2 Å². The van der Waals surface area contributed by atoms with Gasteiger partial charge in [0.25, 0.3) is 0 Å². The van der Waals surface area contributed by atoms with Gasteiger partial charge in [0, 0.05) is 17.1 Å². The van der Waals surface area contributed by atoms with Crippen LogP contribution in [0, 0.1) is 0 Å². The van der Waals surface area contributed by atoms with Gasteiger partial charge in [-0.3, -0.25) is 0 Å². The molecule has 0 radical (unpaired) electrons. The SMILES string of the molecule is COc1nccc2ccc(-c3noc(CN)n3)cc12. The van der Waals surface area contributed by atoms with Gasteiger partial charge in [0.2, 0.25) is 17.6 Å². The number of ether oxygens (including phenoxy) is 1. The molecule has 0 aliphatic heterocycles. The van der Waals surface area contributed by atoms with Crippen LogP contribution in [0.15, 0.2) is 35.0 Å². The van der Waals surface area contributed by atoms with Crippen molar-refractivity contribution in [3.05, 3.63) is 36.4 Å². The number of aromatic nitrogens is 3. The Labute approximate surface area is 109 Å². The van der Waals surface area contributed by atoms with Crippen molar-refractivity contribution in [1.29, 1.82) is 0 Å². The van der Waals surface area contributed by atoms with Gasteiger partial charge in [-0.05, 0) is 17.5 Å². The summed E-state index contributed by atoms with van der Waals surface area (Å²) < 4.78 is 10.3. The van der Waals surface area contributed by atoms with Crippen LogP contribution in [0.4, 0.5) is 0 Å². The molecule has 0 fully saturated rings. The molecule has 0 saturated heterocycles. The zero-order chi connectivity index (χ0) is 13.2. The molecule has 1 aromatic carbocycles. The molecule has 2 heterocycles. The average molecular weight is 256 g/mol. The smallest absolute Gasteiger partial charge is 0.240 e. The van der Waals surface area contributed by atoms with Crippen LogP contribution < -0.4 is 10.5 Å². The van der Waals surface area contributed by atoms with Crippen LogP contribution in [0.1, 0.15) is 5.89 Å². The van der Waals surface area contributed by atoms with Gasteiger partial charge in [-0.1, -0.05) is 17.3 Å². The largest absolute Gasteiger partial charge is 0.481 e. The lowest BCUT2D eigenvalue weighted by atomic mass is 10.1. The molecule has 0 unspecified atom stereocenters. The van der Waals surface area contributed by atoms with Crippen molar-refractivity contribution in [3.63, 3.8) is 0 Å². The molecule has 2 aromatic heterocycles. The molecule has 3 aromatic rings. The van der Waals surface area contributed by atoms with Crippen molar-refractivity contribution >= 4 is 10.8 Å². The number of hydrogen-bond acceptors (Lipinski definition) is 6. The summed E-state index contributed by atoms with van der Waals surface area (Å²) in [6, 6.07) is 7.73. The van der Waals surface area contributed by atoms with Crippen molar-refractivity contribution in [1.82, 2.24) is 15.1 Å². The summed E-state index contributed by atoms with van der Waals surface area (Å²) in [4.78, 5) is 8.37. The highest BCUT2D eigenvalue weighted by atomic mass is 16.5. The fourth-order valence-corrected chi connectivity index (χ4v) is 1.90. The van der Waals surface area contributed by atoms with Gasteiger partial charge in [0.15, 0.2) is 0 Å². The van der Waals surface area contributed by atoms with Gasteiger partial charge in [-0.15, -0.1) is 0 Å². The third kappa shape index (κ3) is 2.02. The molecule has 3 rings (SSSR count). The first kappa shape index (κ1) is 11.6. The molecule has 0 atom stereocenters.